The number of carbonyl (C=O) groups is 1. The topological polar surface area (TPSA) is 70.3 Å². The van der Waals surface area contributed by atoms with E-state index in [9.17, 15) is 15.2 Å². The molecule has 0 aliphatic heterocycles. The summed E-state index contributed by atoms with van der Waals surface area (Å²) in [4.78, 5) is 12.1. The van der Waals surface area contributed by atoms with Crippen LogP contribution in [-0.2, 0) is 15.1 Å². The van der Waals surface area contributed by atoms with Crippen LogP contribution < -0.4 is 0 Å². The van der Waals surface area contributed by atoms with Crippen LogP contribution in [0.3, 0.4) is 0 Å². The number of ether oxygens (including phenoxy) is 1. The Morgan fingerprint density at radius 2 is 2.11 bits per heavy atom. The first-order valence-electron chi connectivity index (χ1n) is 5.65. The largest absolute Gasteiger partial charge is 0.507 e. The highest BCUT2D eigenvalue weighted by atomic mass is 16.5. The normalized spacial score (nSPS) is 21.8. The SMILES string of the molecule is CC(C)OC1(C#N)C(=O)C=Cc2cccc(O)c21. The Bertz CT molecular complexity index is 569. The highest BCUT2D eigenvalue weighted by Gasteiger charge is 2.46. The molecule has 0 amide bonds. The van der Waals surface area contributed by atoms with Crippen molar-refractivity contribution in [3.63, 3.8) is 0 Å². The Kier molecular flexibility index (Phi) is 2.93. The smallest absolute Gasteiger partial charge is 0.247 e. The third-order valence-electron chi connectivity index (χ3n) is 2.76. The first kappa shape index (κ1) is 12.3. The fraction of sp³-hybridized carbons (Fsp3) is 0.286. The minimum atomic E-state index is -1.75. The molecule has 2 rings (SSSR count). The van der Waals surface area contributed by atoms with Gasteiger partial charge in [-0.2, -0.15) is 5.26 Å². The average molecular weight is 243 g/mol. The molecule has 0 saturated carbocycles. The van der Waals surface area contributed by atoms with Gasteiger partial charge in [0.1, 0.15) is 11.8 Å². The summed E-state index contributed by atoms with van der Waals surface area (Å²) in [6, 6.07) is 6.75. The van der Waals surface area contributed by atoms with Crippen molar-refractivity contribution in [3.05, 3.63) is 35.4 Å². The zero-order valence-electron chi connectivity index (χ0n) is 10.2. The maximum atomic E-state index is 12.1. The quantitative estimate of drug-likeness (QED) is 0.863. The Hall–Kier alpha value is -2.12. The highest BCUT2D eigenvalue weighted by Crippen LogP contribution is 2.40. The van der Waals surface area contributed by atoms with Gasteiger partial charge in [-0.3, -0.25) is 4.79 Å². The minimum Gasteiger partial charge on any atom is -0.507 e. The van der Waals surface area contributed by atoms with Gasteiger partial charge in [0.25, 0.3) is 0 Å². The maximum Gasteiger partial charge on any atom is 0.247 e. The summed E-state index contributed by atoms with van der Waals surface area (Å²) in [5.74, 6) is -0.569. The van der Waals surface area contributed by atoms with E-state index < -0.39 is 11.4 Å². The van der Waals surface area contributed by atoms with Crippen LogP contribution in [0.5, 0.6) is 5.75 Å². The lowest BCUT2D eigenvalue weighted by Gasteiger charge is -2.31. The van der Waals surface area contributed by atoms with Crippen LogP contribution in [0, 0.1) is 11.3 Å². The second-order valence-electron chi connectivity index (χ2n) is 4.40. The molecule has 1 N–H and O–H groups in total. The van der Waals surface area contributed by atoms with E-state index in [0.29, 0.717) is 5.56 Å². The van der Waals surface area contributed by atoms with Gasteiger partial charge in [-0.05, 0) is 31.6 Å². The first-order chi connectivity index (χ1) is 8.51. The highest BCUT2D eigenvalue weighted by molar-refractivity contribution is 6.06. The van der Waals surface area contributed by atoms with Gasteiger partial charge < -0.3 is 9.84 Å². The molecule has 1 unspecified atom stereocenters. The second-order valence-corrected chi connectivity index (χ2v) is 4.40. The molecule has 1 aliphatic rings. The number of hydrogen-bond donors (Lipinski definition) is 1. The summed E-state index contributed by atoms with van der Waals surface area (Å²) in [6.07, 6.45) is 2.58. The predicted molar refractivity (Wildman–Crippen MR) is 65.7 cm³/mol. The van der Waals surface area contributed by atoms with Crippen molar-refractivity contribution < 1.29 is 14.6 Å². The van der Waals surface area contributed by atoms with Crippen LogP contribution in [-0.4, -0.2) is 17.0 Å². The van der Waals surface area contributed by atoms with Gasteiger partial charge in [0.15, 0.2) is 0 Å². The summed E-state index contributed by atoms with van der Waals surface area (Å²) >= 11 is 0. The van der Waals surface area contributed by atoms with E-state index in [1.54, 1.807) is 32.1 Å². The third kappa shape index (κ3) is 1.69. The molecule has 1 aliphatic carbocycles. The number of ketones is 1. The molecule has 18 heavy (non-hydrogen) atoms. The molecule has 0 fully saturated rings. The van der Waals surface area contributed by atoms with Crippen LogP contribution in [0.1, 0.15) is 25.0 Å². The summed E-state index contributed by atoms with van der Waals surface area (Å²) in [5.41, 5.74) is -0.894. The third-order valence-corrected chi connectivity index (χ3v) is 2.76. The number of phenols is 1. The van der Waals surface area contributed by atoms with Gasteiger partial charge in [-0.15, -0.1) is 0 Å². The van der Waals surface area contributed by atoms with E-state index in [-0.39, 0.29) is 17.4 Å². The maximum absolute atomic E-state index is 12.1. The van der Waals surface area contributed by atoms with Gasteiger partial charge >= 0.3 is 0 Å². The van der Waals surface area contributed by atoms with Gasteiger partial charge in [-0.25, -0.2) is 0 Å². The Morgan fingerprint density at radius 3 is 2.72 bits per heavy atom. The summed E-state index contributed by atoms with van der Waals surface area (Å²) in [6.45, 7) is 3.48. The number of fused-ring (bicyclic) bond motifs is 1. The number of hydrogen-bond acceptors (Lipinski definition) is 4. The van der Waals surface area contributed by atoms with Crippen LogP contribution >= 0.6 is 0 Å². The Labute approximate surface area is 105 Å². The van der Waals surface area contributed by atoms with Crippen molar-refractivity contribution in [1.82, 2.24) is 0 Å². The van der Waals surface area contributed by atoms with E-state index in [2.05, 4.69) is 0 Å². The van der Waals surface area contributed by atoms with Gasteiger partial charge in [0.05, 0.1) is 11.7 Å². The van der Waals surface area contributed by atoms with Gasteiger partial charge in [0, 0.05) is 0 Å². The molecule has 0 spiro atoms. The van der Waals surface area contributed by atoms with E-state index in [0.717, 1.165) is 0 Å². The van der Waals surface area contributed by atoms with Gasteiger partial charge in [-0.1, -0.05) is 18.2 Å². The van der Waals surface area contributed by atoms with Crippen LogP contribution in [0.15, 0.2) is 24.3 Å². The number of phenolic OH excluding ortho intramolecular Hbond substituents is 1. The average Bonchev–Trinajstić information content (AvgIpc) is 2.32. The fourth-order valence-corrected chi connectivity index (χ4v) is 2.09. The van der Waals surface area contributed by atoms with E-state index in [4.69, 9.17) is 4.74 Å². The molecule has 0 saturated heterocycles. The summed E-state index contributed by atoms with van der Waals surface area (Å²) in [5, 5.41) is 19.3. The second kappa shape index (κ2) is 4.28. The van der Waals surface area contributed by atoms with Crippen LogP contribution in [0.25, 0.3) is 6.08 Å². The number of nitrogens with zero attached hydrogens (tertiary/aromatic N) is 1. The molecule has 92 valence electrons. The molecule has 0 heterocycles. The number of rotatable bonds is 2. The standard InChI is InChI=1S/C14H13NO3/c1-9(2)18-14(8-15)12(17)7-6-10-4-3-5-11(16)13(10)14/h3-7,9,16H,1-2H3. The van der Waals surface area contributed by atoms with E-state index in [1.165, 1.54) is 12.1 Å². The van der Waals surface area contributed by atoms with Crippen molar-refractivity contribution in [2.45, 2.75) is 25.6 Å². The van der Waals surface area contributed by atoms with E-state index >= 15 is 0 Å². The van der Waals surface area contributed by atoms with Crippen molar-refractivity contribution in [3.8, 4) is 11.8 Å². The number of nitriles is 1. The number of carbonyl (C=O) groups excluding carboxylic acids is 1. The molecular weight excluding hydrogens is 230 g/mol. The van der Waals surface area contributed by atoms with Crippen LogP contribution in [0.2, 0.25) is 0 Å². The van der Waals surface area contributed by atoms with Gasteiger partial charge in [0.2, 0.25) is 11.4 Å². The Balaban J connectivity index is 2.71. The first-order valence-corrected chi connectivity index (χ1v) is 5.65. The molecule has 0 bridgehead atoms. The van der Waals surface area contributed by atoms with Crippen molar-refractivity contribution >= 4 is 11.9 Å². The lowest BCUT2D eigenvalue weighted by atomic mass is 9.82. The molecule has 4 heteroatoms. The van der Waals surface area contributed by atoms with Crippen molar-refractivity contribution in [2.24, 2.45) is 0 Å². The molecule has 4 nitrogen and oxygen atoms in total. The zero-order chi connectivity index (χ0) is 13.3. The van der Waals surface area contributed by atoms with Crippen molar-refractivity contribution in [1.29, 1.82) is 5.26 Å². The predicted octanol–water partition coefficient (Wildman–Crippen LogP) is 2.13. The fourth-order valence-electron chi connectivity index (χ4n) is 2.09. The Morgan fingerprint density at radius 1 is 1.39 bits per heavy atom. The summed E-state index contributed by atoms with van der Waals surface area (Å²) in [7, 11) is 0. The molecular formula is C14H13NO3. The molecule has 0 aromatic heterocycles. The lowest BCUT2D eigenvalue weighted by molar-refractivity contribution is -0.138. The molecule has 1 aromatic rings. The molecule has 1 aromatic carbocycles. The summed E-state index contributed by atoms with van der Waals surface area (Å²) < 4.78 is 5.53. The number of benzene rings is 1. The minimum absolute atomic E-state index is 0.104. The van der Waals surface area contributed by atoms with Crippen molar-refractivity contribution in [2.75, 3.05) is 0 Å². The lowest BCUT2D eigenvalue weighted by Crippen LogP contribution is -2.40. The zero-order valence-corrected chi connectivity index (χ0v) is 10.2. The molecule has 1 atom stereocenters. The van der Waals surface area contributed by atoms with Crippen LogP contribution in [0.4, 0.5) is 0 Å². The molecule has 0 radical (unpaired) electrons. The van der Waals surface area contributed by atoms with E-state index in [1.807, 2.05) is 6.07 Å². The monoisotopic (exact) mass is 243 g/mol. The number of aromatic hydroxyl groups is 1.